The summed E-state index contributed by atoms with van der Waals surface area (Å²) in [7, 11) is 0. The Balaban J connectivity index is 1.77. The summed E-state index contributed by atoms with van der Waals surface area (Å²) in [6.45, 7) is 8.25. The number of aliphatic carboxylic acids is 1. The Morgan fingerprint density at radius 2 is 1.69 bits per heavy atom. The number of carboxylic acid groups (broad SMARTS) is 1. The normalized spacial score (nSPS) is 11.2. The largest absolute Gasteiger partial charge is 0.481 e. The van der Waals surface area contributed by atoms with Crippen molar-refractivity contribution in [2.45, 2.75) is 39.5 Å². The van der Waals surface area contributed by atoms with E-state index in [-0.39, 0.29) is 24.5 Å². The number of oxime groups is 1. The van der Waals surface area contributed by atoms with Crippen LogP contribution in [0.3, 0.4) is 0 Å². The first kappa shape index (κ1) is 25.4. The number of rotatable bonds is 11. The number of carbonyl (C=O) groups excluding carboxylic acids is 1. The van der Waals surface area contributed by atoms with Crippen LogP contribution in [-0.4, -0.2) is 22.7 Å². The molecule has 6 nitrogen and oxygen atoms in total. The number of Topliss-reactive ketones (excluding diaryl/α,β-unsaturated/α-hetero) is 1. The Morgan fingerprint density at radius 1 is 0.943 bits per heavy atom. The van der Waals surface area contributed by atoms with Crippen molar-refractivity contribution in [3.8, 4) is 11.1 Å². The highest BCUT2D eigenvalue weighted by Gasteiger charge is 2.12. The number of benzene rings is 3. The Labute approximate surface area is 205 Å². The van der Waals surface area contributed by atoms with E-state index in [1.165, 1.54) is 22.3 Å². The second kappa shape index (κ2) is 11.8. The zero-order chi connectivity index (χ0) is 25.4. The molecule has 3 rings (SSSR count). The molecule has 0 fully saturated rings. The second-order valence-electron chi connectivity index (χ2n) is 8.33. The van der Waals surface area contributed by atoms with E-state index in [1.807, 2.05) is 18.2 Å². The highest BCUT2D eigenvalue weighted by Crippen LogP contribution is 2.30. The molecule has 0 spiro atoms. The van der Waals surface area contributed by atoms with Gasteiger partial charge in [0.05, 0.1) is 6.42 Å². The van der Waals surface area contributed by atoms with E-state index >= 15 is 0 Å². The summed E-state index contributed by atoms with van der Waals surface area (Å²) in [5.74, 6) is -0.847. The van der Waals surface area contributed by atoms with Crippen molar-refractivity contribution in [2.75, 3.05) is 0 Å². The van der Waals surface area contributed by atoms with Crippen LogP contribution >= 0.6 is 0 Å². The molecule has 0 aliphatic carbocycles. The molecule has 0 atom stereocenters. The number of hydrogen-bond acceptors (Lipinski definition) is 4. The number of carbonyl (C=O) groups is 2. The molecule has 6 heteroatoms. The Hall–Kier alpha value is -4.19. The van der Waals surface area contributed by atoms with Crippen LogP contribution in [0.2, 0.25) is 0 Å². The van der Waals surface area contributed by atoms with Crippen LogP contribution in [0, 0.1) is 6.92 Å². The van der Waals surface area contributed by atoms with Gasteiger partial charge in [-0.2, -0.15) is 0 Å². The molecular formula is C29H30N2O4. The van der Waals surface area contributed by atoms with Gasteiger partial charge in [-0.25, -0.2) is 0 Å². The lowest BCUT2D eigenvalue weighted by Gasteiger charge is -2.14. The molecule has 180 valence electrons. The first-order chi connectivity index (χ1) is 16.8. The van der Waals surface area contributed by atoms with Gasteiger partial charge >= 0.3 is 5.97 Å². The summed E-state index contributed by atoms with van der Waals surface area (Å²) in [5.41, 5.74) is 12.6. The lowest BCUT2D eigenvalue weighted by Crippen LogP contribution is -2.15. The van der Waals surface area contributed by atoms with Gasteiger partial charge in [0, 0.05) is 23.1 Å². The molecule has 3 aromatic rings. The van der Waals surface area contributed by atoms with Gasteiger partial charge in [0.25, 0.3) is 0 Å². The van der Waals surface area contributed by atoms with Gasteiger partial charge in [0.1, 0.15) is 0 Å². The summed E-state index contributed by atoms with van der Waals surface area (Å²) >= 11 is 0. The molecule has 3 aromatic carbocycles. The van der Waals surface area contributed by atoms with Crippen LogP contribution in [0.15, 0.2) is 78.5 Å². The molecule has 0 unspecified atom stereocenters. The number of aryl methyl sites for hydroxylation is 2. The van der Waals surface area contributed by atoms with Crippen LogP contribution in [0.4, 0.5) is 0 Å². The lowest BCUT2D eigenvalue weighted by molar-refractivity contribution is -0.136. The van der Waals surface area contributed by atoms with E-state index in [4.69, 9.17) is 15.7 Å². The van der Waals surface area contributed by atoms with Crippen LogP contribution in [0.25, 0.3) is 16.9 Å². The standard InChI is InChI=1S/C29H30N2O4/c1-4-8-22-17-21(13-14-26(22)25-12-6-5-9-19(25)2)20(3)35-31-29(30)24-11-7-10-23(18-24)27(32)15-16-28(33)34/h5-7,9-14,17-18H,3-4,8,15-16H2,1-2H3,(H2,30,31)(H,33,34). The van der Waals surface area contributed by atoms with E-state index in [0.717, 1.165) is 18.4 Å². The zero-order valence-electron chi connectivity index (χ0n) is 20.1. The molecule has 0 aromatic heterocycles. The van der Waals surface area contributed by atoms with Gasteiger partial charge in [-0.05, 0) is 47.7 Å². The van der Waals surface area contributed by atoms with Crippen LogP contribution < -0.4 is 5.73 Å². The van der Waals surface area contributed by atoms with Crippen LogP contribution in [-0.2, 0) is 16.1 Å². The SMILES string of the molecule is C=C(O/N=C(\N)c1cccc(C(=O)CCC(=O)O)c1)c1ccc(-c2ccccc2C)c(CCC)c1. The third-order valence-electron chi connectivity index (χ3n) is 5.68. The molecule has 0 saturated heterocycles. The van der Waals surface area contributed by atoms with Gasteiger partial charge < -0.3 is 15.7 Å². The number of hydrogen-bond donors (Lipinski definition) is 2. The summed E-state index contributed by atoms with van der Waals surface area (Å²) in [4.78, 5) is 28.5. The molecular weight excluding hydrogens is 440 g/mol. The molecule has 3 N–H and O–H groups in total. The van der Waals surface area contributed by atoms with E-state index < -0.39 is 5.97 Å². The van der Waals surface area contributed by atoms with Gasteiger partial charge in [-0.15, -0.1) is 0 Å². The maximum absolute atomic E-state index is 12.2. The Morgan fingerprint density at radius 3 is 2.40 bits per heavy atom. The fourth-order valence-corrected chi connectivity index (χ4v) is 3.81. The fourth-order valence-electron chi connectivity index (χ4n) is 3.81. The van der Waals surface area contributed by atoms with Crippen LogP contribution in [0.5, 0.6) is 0 Å². The van der Waals surface area contributed by atoms with Crippen molar-refractivity contribution >= 4 is 23.3 Å². The number of amidine groups is 1. The smallest absolute Gasteiger partial charge is 0.303 e. The first-order valence-electron chi connectivity index (χ1n) is 11.5. The zero-order valence-corrected chi connectivity index (χ0v) is 20.1. The number of carboxylic acids is 1. The Bertz CT molecular complexity index is 1280. The predicted molar refractivity (Wildman–Crippen MR) is 139 cm³/mol. The van der Waals surface area contributed by atoms with E-state index in [0.29, 0.717) is 16.9 Å². The molecule has 35 heavy (non-hydrogen) atoms. The van der Waals surface area contributed by atoms with E-state index in [1.54, 1.807) is 24.3 Å². The molecule has 0 aliphatic heterocycles. The van der Waals surface area contributed by atoms with Crippen molar-refractivity contribution < 1.29 is 19.5 Å². The van der Waals surface area contributed by atoms with Crippen molar-refractivity contribution in [1.82, 2.24) is 0 Å². The molecule has 0 aliphatic rings. The topological polar surface area (TPSA) is 102 Å². The highest BCUT2D eigenvalue weighted by atomic mass is 16.6. The van der Waals surface area contributed by atoms with Gasteiger partial charge in [-0.3, -0.25) is 9.59 Å². The minimum Gasteiger partial charge on any atom is -0.481 e. The van der Waals surface area contributed by atoms with Gasteiger partial charge in [0.15, 0.2) is 17.4 Å². The average Bonchev–Trinajstić information content (AvgIpc) is 2.86. The third kappa shape index (κ3) is 6.67. The summed E-state index contributed by atoms with van der Waals surface area (Å²) < 4.78 is 0. The molecule has 0 radical (unpaired) electrons. The first-order valence-corrected chi connectivity index (χ1v) is 11.5. The summed E-state index contributed by atoms with van der Waals surface area (Å²) in [5, 5.41) is 12.8. The second-order valence-corrected chi connectivity index (χ2v) is 8.33. The minimum atomic E-state index is -1.02. The van der Waals surface area contributed by atoms with Crippen molar-refractivity contribution in [3.05, 3.63) is 101 Å². The number of nitrogens with two attached hydrogens (primary N) is 1. The maximum atomic E-state index is 12.2. The maximum Gasteiger partial charge on any atom is 0.303 e. The lowest BCUT2D eigenvalue weighted by atomic mass is 9.92. The molecule has 0 saturated carbocycles. The third-order valence-corrected chi connectivity index (χ3v) is 5.68. The summed E-state index contributed by atoms with van der Waals surface area (Å²) in [6, 6.07) is 21.0. The van der Waals surface area contributed by atoms with Crippen molar-refractivity contribution in [3.63, 3.8) is 0 Å². The average molecular weight is 471 g/mol. The Kier molecular flexibility index (Phi) is 8.57. The van der Waals surface area contributed by atoms with Crippen molar-refractivity contribution in [2.24, 2.45) is 10.9 Å². The van der Waals surface area contributed by atoms with Crippen molar-refractivity contribution in [1.29, 1.82) is 0 Å². The monoisotopic (exact) mass is 470 g/mol. The molecule has 0 amide bonds. The summed E-state index contributed by atoms with van der Waals surface area (Å²) in [6.07, 6.45) is 1.61. The fraction of sp³-hybridized carbons (Fsp3) is 0.207. The van der Waals surface area contributed by atoms with Gasteiger partial charge in [0.2, 0.25) is 0 Å². The number of nitrogens with zero attached hydrogens (tertiary/aromatic N) is 1. The van der Waals surface area contributed by atoms with Crippen LogP contribution in [0.1, 0.15) is 58.8 Å². The minimum absolute atomic E-state index is 0.0816. The van der Waals surface area contributed by atoms with E-state index in [2.05, 4.69) is 49.8 Å². The molecule has 0 heterocycles. The quantitative estimate of drug-likeness (QED) is 0.118. The van der Waals surface area contributed by atoms with Gasteiger partial charge in [-0.1, -0.05) is 79.7 Å². The highest BCUT2D eigenvalue weighted by molar-refractivity contribution is 6.02. The number of ketones is 1. The predicted octanol–water partition coefficient (Wildman–Crippen LogP) is 5.97. The molecule has 0 bridgehead atoms. The van der Waals surface area contributed by atoms with E-state index in [9.17, 15) is 9.59 Å².